The van der Waals surface area contributed by atoms with Crippen molar-refractivity contribution in [3.8, 4) is 0 Å². The van der Waals surface area contributed by atoms with E-state index in [-0.39, 0.29) is 17.5 Å². The van der Waals surface area contributed by atoms with Crippen molar-refractivity contribution in [2.24, 2.45) is 5.92 Å². The molecule has 17 heavy (non-hydrogen) atoms. The third kappa shape index (κ3) is 2.54. The van der Waals surface area contributed by atoms with Gasteiger partial charge in [-0.15, -0.1) is 11.3 Å². The minimum Gasteiger partial charge on any atom is -0.391 e. The maximum absolute atomic E-state index is 12.2. The highest BCUT2D eigenvalue weighted by molar-refractivity contribution is 7.89. The van der Waals surface area contributed by atoms with Crippen LogP contribution in [0.3, 0.4) is 0 Å². The Kier molecular flexibility index (Phi) is 3.58. The Labute approximate surface area is 106 Å². The molecule has 0 saturated heterocycles. The van der Waals surface area contributed by atoms with Gasteiger partial charge in [0, 0.05) is 6.04 Å². The highest BCUT2D eigenvalue weighted by Gasteiger charge is 2.39. The molecule has 0 bridgehead atoms. The molecule has 4 nitrogen and oxygen atoms in total. The van der Waals surface area contributed by atoms with Crippen LogP contribution in [0, 0.1) is 12.8 Å². The number of aliphatic hydroxyl groups is 1. The molecule has 1 aliphatic carbocycles. The molecular weight excluding hydrogens is 258 g/mol. The molecule has 2 N–H and O–H groups in total. The van der Waals surface area contributed by atoms with Crippen LogP contribution in [0.25, 0.3) is 0 Å². The fourth-order valence-electron chi connectivity index (χ4n) is 2.06. The summed E-state index contributed by atoms with van der Waals surface area (Å²) >= 11 is 1.29. The van der Waals surface area contributed by atoms with E-state index in [0.29, 0.717) is 16.4 Å². The first kappa shape index (κ1) is 13.0. The fourth-order valence-corrected chi connectivity index (χ4v) is 5.04. The van der Waals surface area contributed by atoms with Crippen LogP contribution in [0.1, 0.15) is 30.2 Å². The zero-order chi connectivity index (χ0) is 12.6. The van der Waals surface area contributed by atoms with Gasteiger partial charge in [0.1, 0.15) is 4.90 Å². The summed E-state index contributed by atoms with van der Waals surface area (Å²) in [5.74, 6) is 0.473. The Morgan fingerprint density at radius 2 is 2.29 bits per heavy atom. The lowest BCUT2D eigenvalue weighted by Gasteiger charge is -2.07. The number of aliphatic hydroxyl groups excluding tert-OH is 1. The van der Waals surface area contributed by atoms with Crippen LogP contribution in [0.15, 0.2) is 10.3 Å². The predicted molar refractivity (Wildman–Crippen MR) is 67.5 cm³/mol. The second-order valence-electron chi connectivity index (χ2n) is 4.46. The third-order valence-corrected chi connectivity index (χ3v) is 6.09. The highest BCUT2D eigenvalue weighted by Crippen LogP contribution is 2.35. The molecule has 1 aliphatic rings. The van der Waals surface area contributed by atoms with Crippen LogP contribution in [-0.4, -0.2) is 19.6 Å². The van der Waals surface area contributed by atoms with Gasteiger partial charge in [0.15, 0.2) is 0 Å². The lowest BCUT2D eigenvalue weighted by molar-refractivity contribution is 0.282. The van der Waals surface area contributed by atoms with Gasteiger partial charge in [-0.1, -0.05) is 13.3 Å². The van der Waals surface area contributed by atoms with Crippen molar-refractivity contribution in [2.75, 3.05) is 0 Å². The summed E-state index contributed by atoms with van der Waals surface area (Å²) in [6, 6.07) is 0.0795. The fraction of sp³-hybridized carbons (Fsp3) is 0.636. The van der Waals surface area contributed by atoms with Gasteiger partial charge in [-0.05, 0) is 30.2 Å². The van der Waals surface area contributed by atoms with Gasteiger partial charge in [0.25, 0.3) is 0 Å². The lowest BCUT2D eigenvalue weighted by Crippen LogP contribution is -2.28. The molecule has 1 aromatic rings. The molecule has 2 atom stereocenters. The molecule has 2 unspecified atom stereocenters. The van der Waals surface area contributed by atoms with E-state index in [2.05, 4.69) is 11.6 Å². The zero-order valence-corrected chi connectivity index (χ0v) is 11.6. The summed E-state index contributed by atoms with van der Waals surface area (Å²) in [5.41, 5.74) is 0.709. The maximum atomic E-state index is 12.2. The van der Waals surface area contributed by atoms with Gasteiger partial charge >= 0.3 is 0 Å². The van der Waals surface area contributed by atoms with Crippen molar-refractivity contribution in [2.45, 2.75) is 44.2 Å². The molecule has 0 aromatic carbocycles. The van der Waals surface area contributed by atoms with Crippen molar-refractivity contribution in [3.05, 3.63) is 15.8 Å². The van der Waals surface area contributed by atoms with E-state index in [9.17, 15) is 8.42 Å². The van der Waals surface area contributed by atoms with E-state index >= 15 is 0 Å². The third-order valence-electron chi connectivity index (χ3n) is 3.16. The molecule has 1 heterocycles. The number of hydrogen-bond acceptors (Lipinski definition) is 4. The topological polar surface area (TPSA) is 66.4 Å². The number of aryl methyl sites for hydroxylation is 1. The number of thiophene rings is 1. The Hall–Kier alpha value is -0.430. The van der Waals surface area contributed by atoms with E-state index in [1.54, 1.807) is 12.3 Å². The first-order chi connectivity index (χ1) is 7.99. The average molecular weight is 275 g/mol. The summed E-state index contributed by atoms with van der Waals surface area (Å²) in [6.45, 7) is 3.60. The molecule has 1 aromatic heterocycles. The molecule has 0 spiro atoms. The minimum absolute atomic E-state index is 0.0795. The molecule has 6 heteroatoms. The number of nitrogens with one attached hydrogen (secondary N) is 1. The number of rotatable bonds is 5. The van der Waals surface area contributed by atoms with Crippen LogP contribution in [0.4, 0.5) is 0 Å². The predicted octanol–water partition coefficient (Wildman–Crippen LogP) is 1.63. The molecule has 1 saturated carbocycles. The molecule has 0 aliphatic heterocycles. The maximum Gasteiger partial charge on any atom is 0.242 e. The van der Waals surface area contributed by atoms with Crippen LogP contribution in [0.2, 0.25) is 0 Å². The second-order valence-corrected chi connectivity index (χ2v) is 7.08. The van der Waals surface area contributed by atoms with E-state index in [0.717, 1.165) is 12.8 Å². The van der Waals surface area contributed by atoms with Gasteiger partial charge in [-0.2, -0.15) is 0 Å². The molecular formula is C11H17NO3S2. The van der Waals surface area contributed by atoms with Crippen LogP contribution >= 0.6 is 11.3 Å². The van der Waals surface area contributed by atoms with Gasteiger partial charge in [-0.25, -0.2) is 13.1 Å². The molecule has 1 fully saturated rings. The van der Waals surface area contributed by atoms with Gasteiger partial charge < -0.3 is 5.11 Å². The van der Waals surface area contributed by atoms with Crippen molar-refractivity contribution in [3.63, 3.8) is 0 Å². The van der Waals surface area contributed by atoms with E-state index < -0.39 is 10.0 Å². The average Bonchev–Trinajstić information content (AvgIpc) is 2.88. The Morgan fingerprint density at radius 1 is 1.59 bits per heavy atom. The largest absolute Gasteiger partial charge is 0.391 e. The quantitative estimate of drug-likeness (QED) is 0.858. The minimum atomic E-state index is -3.47. The first-order valence-electron chi connectivity index (χ1n) is 5.69. The van der Waals surface area contributed by atoms with Crippen molar-refractivity contribution >= 4 is 21.4 Å². The van der Waals surface area contributed by atoms with Gasteiger partial charge in [-0.3, -0.25) is 0 Å². The Bertz CT molecular complexity index is 507. The van der Waals surface area contributed by atoms with E-state index in [1.165, 1.54) is 11.3 Å². The first-order valence-corrected chi connectivity index (χ1v) is 8.06. The number of hydrogen-bond donors (Lipinski definition) is 2. The normalized spacial score (nSPS) is 23.9. The standard InChI is InChI=1S/C11H17NO3S2/c1-3-8-4-9(8)12-17(14,15)11-7(2)6-16-10(11)5-13/h6,8-9,12-13H,3-5H2,1-2H3. The Morgan fingerprint density at radius 3 is 2.82 bits per heavy atom. The monoisotopic (exact) mass is 275 g/mol. The van der Waals surface area contributed by atoms with Crippen molar-refractivity contribution in [1.82, 2.24) is 4.72 Å². The van der Waals surface area contributed by atoms with E-state index in [4.69, 9.17) is 5.11 Å². The summed E-state index contributed by atoms with van der Waals surface area (Å²) in [6.07, 6.45) is 1.93. The molecule has 96 valence electrons. The second kappa shape index (κ2) is 4.68. The van der Waals surface area contributed by atoms with Crippen LogP contribution in [-0.2, 0) is 16.6 Å². The summed E-state index contributed by atoms with van der Waals surface area (Å²) in [5, 5.41) is 10.9. The molecule has 0 radical (unpaired) electrons. The molecule has 0 amide bonds. The number of sulfonamides is 1. The summed E-state index contributed by atoms with van der Waals surface area (Å²) < 4.78 is 27.1. The highest BCUT2D eigenvalue weighted by atomic mass is 32.2. The van der Waals surface area contributed by atoms with Crippen LogP contribution in [0.5, 0.6) is 0 Å². The smallest absolute Gasteiger partial charge is 0.242 e. The van der Waals surface area contributed by atoms with E-state index in [1.807, 2.05) is 0 Å². The zero-order valence-electron chi connectivity index (χ0n) is 9.93. The summed E-state index contributed by atoms with van der Waals surface area (Å²) in [7, 11) is -3.47. The van der Waals surface area contributed by atoms with Gasteiger partial charge in [0.2, 0.25) is 10.0 Å². The Balaban J connectivity index is 2.23. The van der Waals surface area contributed by atoms with Gasteiger partial charge in [0.05, 0.1) is 11.5 Å². The van der Waals surface area contributed by atoms with Crippen LogP contribution < -0.4 is 4.72 Å². The van der Waals surface area contributed by atoms with Crippen molar-refractivity contribution < 1.29 is 13.5 Å². The van der Waals surface area contributed by atoms with Crippen molar-refractivity contribution in [1.29, 1.82) is 0 Å². The SMILES string of the molecule is CCC1CC1NS(=O)(=O)c1c(C)csc1CO. The lowest BCUT2D eigenvalue weighted by atomic mass is 10.3. The molecule has 2 rings (SSSR count). The summed E-state index contributed by atoms with van der Waals surface area (Å²) in [4.78, 5) is 0.787.